The molecule has 18 heavy (non-hydrogen) atoms. The van der Waals surface area contributed by atoms with Gasteiger partial charge in [-0.2, -0.15) is 0 Å². The molecule has 1 saturated heterocycles. The Morgan fingerprint density at radius 1 is 1.33 bits per heavy atom. The van der Waals surface area contributed by atoms with Gasteiger partial charge in [0.05, 0.1) is 11.5 Å². The average Bonchev–Trinajstić information content (AvgIpc) is 2.69. The normalized spacial score (nSPS) is 23.7. The van der Waals surface area contributed by atoms with Crippen LogP contribution in [0.25, 0.3) is 0 Å². The SMILES string of the molecule is CCC(CC)(CNC)CN(C)C1CCS(=O)(=O)C1. The van der Waals surface area contributed by atoms with Gasteiger partial charge < -0.3 is 10.2 Å². The van der Waals surface area contributed by atoms with Crippen molar-refractivity contribution in [2.24, 2.45) is 5.41 Å². The lowest BCUT2D eigenvalue weighted by atomic mass is 9.81. The van der Waals surface area contributed by atoms with Gasteiger partial charge in [-0.3, -0.25) is 0 Å². The molecule has 1 aliphatic heterocycles. The Balaban J connectivity index is 2.64. The summed E-state index contributed by atoms with van der Waals surface area (Å²) in [4.78, 5) is 2.26. The van der Waals surface area contributed by atoms with Crippen LogP contribution in [0.1, 0.15) is 33.1 Å². The highest BCUT2D eigenvalue weighted by atomic mass is 32.2. The van der Waals surface area contributed by atoms with E-state index in [4.69, 9.17) is 0 Å². The van der Waals surface area contributed by atoms with Crippen molar-refractivity contribution in [3.05, 3.63) is 0 Å². The summed E-state index contributed by atoms with van der Waals surface area (Å²) in [5.41, 5.74) is 0.260. The number of nitrogens with one attached hydrogen (secondary N) is 1. The van der Waals surface area contributed by atoms with Crippen LogP contribution in [0.4, 0.5) is 0 Å². The predicted octanol–water partition coefficient (Wildman–Crippen LogP) is 1.13. The van der Waals surface area contributed by atoms with E-state index in [1.54, 1.807) is 0 Å². The van der Waals surface area contributed by atoms with E-state index < -0.39 is 9.84 Å². The Morgan fingerprint density at radius 2 is 1.94 bits per heavy atom. The fourth-order valence-electron chi connectivity index (χ4n) is 2.94. The fourth-order valence-corrected chi connectivity index (χ4v) is 4.74. The summed E-state index contributed by atoms with van der Waals surface area (Å²) in [5.74, 6) is 0.700. The molecule has 108 valence electrons. The molecular weight excluding hydrogens is 248 g/mol. The largest absolute Gasteiger partial charge is 0.319 e. The Morgan fingerprint density at radius 3 is 2.33 bits per heavy atom. The van der Waals surface area contributed by atoms with Gasteiger partial charge in [0.15, 0.2) is 9.84 Å². The number of rotatable bonds is 7. The summed E-state index contributed by atoms with van der Waals surface area (Å²) in [7, 11) is 1.28. The van der Waals surface area contributed by atoms with Crippen molar-refractivity contribution in [2.75, 3.05) is 38.7 Å². The highest BCUT2D eigenvalue weighted by molar-refractivity contribution is 7.91. The Bertz CT molecular complexity index is 350. The van der Waals surface area contributed by atoms with Crippen LogP contribution in [0.15, 0.2) is 0 Å². The van der Waals surface area contributed by atoms with E-state index in [2.05, 4.69) is 31.1 Å². The van der Waals surface area contributed by atoms with Crippen molar-refractivity contribution >= 4 is 9.84 Å². The molecule has 4 nitrogen and oxygen atoms in total. The molecule has 0 spiro atoms. The van der Waals surface area contributed by atoms with Crippen LogP contribution in [0.2, 0.25) is 0 Å². The molecule has 0 amide bonds. The molecule has 1 atom stereocenters. The van der Waals surface area contributed by atoms with Crippen molar-refractivity contribution in [2.45, 2.75) is 39.2 Å². The molecular formula is C13H28N2O2S. The fraction of sp³-hybridized carbons (Fsp3) is 1.00. The summed E-state index contributed by atoms with van der Waals surface area (Å²) in [5, 5.41) is 3.28. The first-order valence-electron chi connectivity index (χ1n) is 6.93. The van der Waals surface area contributed by atoms with Crippen molar-refractivity contribution in [3.8, 4) is 0 Å². The van der Waals surface area contributed by atoms with Gasteiger partial charge in [-0.1, -0.05) is 13.8 Å². The Hall–Kier alpha value is -0.130. The van der Waals surface area contributed by atoms with Crippen LogP contribution in [0.3, 0.4) is 0 Å². The van der Waals surface area contributed by atoms with Crippen LogP contribution >= 0.6 is 0 Å². The third-order valence-corrected chi connectivity index (χ3v) is 6.22. The third-order valence-electron chi connectivity index (χ3n) is 4.47. The summed E-state index contributed by atoms with van der Waals surface area (Å²) in [6, 6.07) is 0.212. The first-order chi connectivity index (χ1) is 8.38. The molecule has 1 heterocycles. The van der Waals surface area contributed by atoms with Crippen LogP contribution in [0.5, 0.6) is 0 Å². The Labute approximate surface area is 112 Å². The molecule has 0 saturated carbocycles. The van der Waals surface area contributed by atoms with Gasteiger partial charge in [0, 0.05) is 19.1 Å². The number of nitrogens with zero attached hydrogens (tertiary/aromatic N) is 1. The molecule has 0 bridgehead atoms. The molecule has 0 radical (unpaired) electrons. The quantitative estimate of drug-likeness (QED) is 0.757. The maximum Gasteiger partial charge on any atom is 0.151 e. The van der Waals surface area contributed by atoms with Gasteiger partial charge in [-0.25, -0.2) is 8.42 Å². The second kappa shape index (κ2) is 6.35. The zero-order valence-corrected chi connectivity index (χ0v) is 13.0. The average molecular weight is 276 g/mol. The van der Waals surface area contributed by atoms with Crippen LogP contribution in [0, 0.1) is 5.41 Å². The molecule has 0 aromatic rings. The molecule has 0 aromatic carbocycles. The number of hydrogen-bond acceptors (Lipinski definition) is 4. The van der Waals surface area contributed by atoms with Gasteiger partial charge >= 0.3 is 0 Å². The Kier molecular flexibility index (Phi) is 5.62. The first kappa shape index (κ1) is 15.9. The molecule has 0 aromatic heterocycles. The zero-order chi connectivity index (χ0) is 13.8. The standard InChI is InChI=1S/C13H28N2O2S/c1-5-13(6-2,10-14-3)11-15(4)12-7-8-18(16,17)9-12/h12,14H,5-11H2,1-4H3. The lowest BCUT2D eigenvalue weighted by Crippen LogP contribution is -2.45. The molecule has 5 heteroatoms. The zero-order valence-electron chi connectivity index (χ0n) is 12.2. The lowest BCUT2D eigenvalue weighted by Gasteiger charge is -2.37. The van der Waals surface area contributed by atoms with Crippen LogP contribution in [-0.4, -0.2) is 58.1 Å². The van der Waals surface area contributed by atoms with Crippen LogP contribution < -0.4 is 5.32 Å². The number of sulfone groups is 1. The van der Waals surface area contributed by atoms with E-state index in [0.29, 0.717) is 11.5 Å². The smallest absolute Gasteiger partial charge is 0.151 e. The molecule has 1 rings (SSSR count). The van der Waals surface area contributed by atoms with Gasteiger partial charge in [0.2, 0.25) is 0 Å². The highest BCUT2D eigenvalue weighted by Gasteiger charge is 2.34. The highest BCUT2D eigenvalue weighted by Crippen LogP contribution is 2.28. The molecule has 1 fully saturated rings. The minimum absolute atomic E-state index is 0.212. The van der Waals surface area contributed by atoms with E-state index in [1.165, 1.54) is 0 Å². The number of hydrogen-bond donors (Lipinski definition) is 1. The van der Waals surface area contributed by atoms with Crippen LogP contribution in [-0.2, 0) is 9.84 Å². The van der Waals surface area contributed by atoms with Gasteiger partial charge in [0.1, 0.15) is 0 Å². The first-order valence-corrected chi connectivity index (χ1v) is 8.75. The summed E-state index contributed by atoms with van der Waals surface area (Å²) < 4.78 is 23.1. The predicted molar refractivity (Wildman–Crippen MR) is 76.6 cm³/mol. The van der Waals surface area contributed by atoms with Crippen molar-refractivity contribution < 1.29 is 8.42 Å². The van der Waals surface area contributed by atoms with Gasteiger partial charge in [-0.15, -0.1) is 0 Å². The second-order valence-electron chi connectivity index (χ2n) is 5.71. The lowest BCUT2D eigenvalue weighted by molar-refractivity contribution is 0.131. The van der Waals surface area contributed by atoms with E-state index in [0.717, 1.165) is 32.4 Å². The van der Waals surface area contributed by atoms with Gasteiger partial charge in [-0.05, 0) is 38.8 Å². The maximum absolute atomic E-state index is 11.5. The third kappa shape index (κ3) is 3.93. The molecule has 0 aliphatic carbocycles. The minimum Gasteiger partial charge on any atom is -0.319 e. The van der Waals surface area contributed by atoms with Crippen molar-refractivity contribution in [1.29, 1.82) is 0 Å². The summed E-state index contributed by atoms with van der Waals surface area (Å²) in [6.45, 7) is 6.41. The van der Waals surface area contributed by atoms with E-state index in [9.17, 15) is 8.42 Å². The van der Waals surface area contributed by atoms with E-state index in [1.807, 2.05) is 7.05 Å². The van der Waals surface area contributed by atoms with E-state index >= 15 is 0 Å². The molecule has 1 unspecified atom stereocenters. The minimum atomic E-state index is -2.78. The van der Waals surface area contributed by atoms with Crippen molar-refractivity contribution in [1.82, 2.24) is 10.2 Å². The summed E-state index contributed by atoms with van der Waals surface area (Å²) in [6.07, 6.45) is 3.03. The summed E-state index contributed by atoms with van der Waals surface area (Å²) >= 11 is 0. The second-order valence-corrected chi connectivity index (χ2v) is 7.94. The van der Waals surface area contributed by atoms with Crippen molar-refractivity contribution in [3.63, 3.8) is 0 Å². The van der Waals surface area contributed by atoms with Gasteiger partial charge in [0.25, 0.3) is 0 Å². The van der Waals surface area contributed by atoms with E-state index in [-0.39, 0.29) is 11.5 Å². The molecule has 1 aliphatic rings. The molecule has 1 N–H and O–H groups in total. The maximum atomic E-state index is 11.5. The monoisotopic (exact) mass is 276 g/mol. The topological polar surface area (TPSA) is 49.4 Å².